The first-order chi connectivity index (χ1) is 8.65. The average molecular weight is 248 g/mol. The second-order valence-corrected chi connectivity index (χ2v) is 5.40. The molecule has 0 bridgehead atoms. The number of aryl methyl sites for hydroxylation is 2. The molecular weight excluding hydrogens is 224 g/mol. The summed E-state index contributed by atoms with van der Waals surface area (Å²) in [6.07, 6.45) is 4.49. The first kappa shape index (κ1) is 13.3. The van der Waals surface area contributed by atoms with E-state index in [1.54, 1.807) is 0 Å². The average Bonchev–Trinajstić information content (AvgIpc) is 2.36. The maximum atomic E-state index is 4.48. The van der Waals surface area contributed by atoms with Crippen molar-refractivity contribution in [2.45, 2.75) is 33.6 Å². The molecule has 0 aromatic carbocycles. The molecule has 0 aliphatic carbocycles. The number of hydrogen-bond donors (Lipinski definition) is 1. The van der Waals surface area contributed by atoms with Crippen molar-refractivity contribution in [3.8, 4) is 0 Å². The molecule has 1 aliphatic rings. The van der Waals surface area contributed by atoms with Crippen molar-refractivity contribution in [2.24, 2.45) is 5.92 Å². The van der Waals surface area contributed by atoms with Crippen molar-refractivity contribution in [1.29, 1.82) is 0 Å². The lowest BCUT2D eigenvalue weighted by Gasteiger charge is -2.30. The zero-order chi connectivity index (χ0) is 13.0. The molecule has 1 aliphatic heterocycles. The summed E-state index contributed by atoms with van der Waals surface area (Å²) in [4.78, 5) is 11.3. The smallest absolute Gasteiger partial charge is 0.147 e. The normalized spacial score (nSPS) is 17.9. The Morgan fingerprint density at radius 1 is 1.33 bits per heavy atom. The van der Waals surface area contributed by atoms with E-state index in [0.717, 1.165) is 36.2 Å². The molecule has 4 nitrogen and oxygen atoms in total. The van der Waals surface area contributed by atoms with Crippen molar-refractivity contribution < 1.29 is 0 Å². The number of anilines is 1. The highest BCUT2D eigenvalue weighted by Gasteiger charge is 2.14. The van der Waals surface area contributed by atoms with Crippen LogP contribution in [0.15, 0.2) is 6.20 Å². The highest BCUT2D eigenvalue weighted by molar-refractivity contribution is 5.39. The maximum absolute atomic E-state index is 4.48. The van der Waals surface area contributed by atoms with E-state index in [-0.39, 0.29) is 0 Å². The van der Waals surface area contributed by atoms with E-state index in [1.165, 1.54) is 25.9 Å². The van der Waals surface area contributed by atoms with E-state index in [9.17, 15) is 0 Å². The Morgan fingerprint density at radius 3 is 2.78 bits per heavy atom. The first-order valence-electron chi connectivity index (χ1n) is 6.91. The molecule has 1 aromatic rings. The van der Waals surface area contributed by atoms with Crippen LogP contribution < -0.4 is 5.32 Å². The van der Waals surface area contributed by atoms with Crippen LogP contribution >= 0.6 is 0 Å². The van der Waals surface area contributed by atoms with E-state index >= 15 is 0 Å². The molecule has 0 unspecified atom stereocenters. The van der Waals surface area contributed by atoms with Crippen LogP contribution in [0.4, 0.5) is 5.82 Å². The van der Waals surface area contributed by atoms with Gasteiger partial charge in [-0.05, 0) is 45.7 Å². The van der Waals surface area contributed by atoms with Gasteiger partial charge in [-0.2, -0.15) is 0 Å². The van der Waals surface area contributed by atoms with Crippen LogP contribution in [0.5, 0.6) is 0 Å². The van der Waals surface area contributed by atoms with E-state index < -0.39 is 0 Å². The third-order valence-corrected chi connectivity index (χ3v) is 3.67. The van der Waals surface area contributed by atoms with E-state index in [0.29, 0.717) is 0 Å². The summed E-state index contributed by atoms with van der Waals surface area (Å²) in [6.45, 7) is 10.8. The van der Waals surface area contributed by atoms with Gasteiger partial charge in [0.05, 0.1) is 11.4 Å². The minimum Gasteiger partial charge on any atom is -0.367 e. The SMILES string of the molecule is Cc1cnc(C)c(NCCN2CCC(C)CC2)n1. The van der Waals surface area contributed by atoms with Crippen molar-refractivity contribution in [3.05, 3.63) is 17.6 Å². The Kier molecular flexibility index (Phi) is 4.53. The van der Waals surface area contributed by atoms with Crippen LogP contribution in [0.25, 0.3) is 0 Å². The fourth-order valence-corrected chi connectivity index (χ4v) is 2.32. The highest BCUT2D eigenvalue weighted by Crippen LogP contribution is 2.15. The lowest BCUT2D eigenvalue weighted by atomic mass is 9.99. The second kappa shape index (κ2) is 6.14. The van der Waals surface area contributed by atoms with Gasteiger partial charge < -0.3 is 10.2 Å². The molecule has 0 atom stereocenters. The highest BCUT2D eigenvalue weighted by atomic mass is 15.1. The minimum absolute atomic E-state index is 0.902. The molecule has 1 aromatic heterocycles. The number of hydrogen-bond acceptors (Lipinski definition) is 4. The van der Waals surface area contributed by atoms with Gasteiger partial charge in [0.1, 0.15) is 5.82 Å². The zero-order valence-electron chi connectivity index (χ0n) is 11.7. The van der Waals surface area contributed by atoms with Crippen molar-refractivity contribution in [3.63, 3.8) is 0 Å². The third-order valence-electron chi connectivity index (χ3n) is 3.67. The van der Waals surface area contributed by atoms with Gasteiger partial charge in [-0.1, -0.05) is 6.92 Å². The summed E-state index contributed by atoms with van der Waals surface area (Å²) in [7, 11) is 0. The maximum Gasteiger partial charge on any atom is 0.147 e. The fraction of sp³-hybridized carbons (Fsp3) is 0.714. The number of rotatable bonds is 4. The largest absolute Gasteiger partial charge is 0.367 e. The molecule has 4 heteroatoms. The van der Waals surface area contributed by atoms with Gasteiger partial charge in [-0.25, -0.2) is 4.98 Å². The van der Waals surface area contributed by atoms with Crippen molar-refractivity contribution >= 4 is 5.82 Å². The van der Waals surface area contributed by atoms with Gasteiger partial charge in [0.15, 0.2) is 0 Å². The second-order valence-electron chi connectivity index (χ2n) is 5.40. The molecule has 100 valence electrons. The summed E-state index contributed by atoms with van der Waals surface area (Å²) in [5, 5.41) is 3.40. The van der Waals surface area contributed by atoms with Crippen LogP contribution in [-0.4, -0.2) is 41.0 Å². The summed E-state index contributed by atoms with van der Waals surface area (Å²) < 4.78 is 0. The predicted octanol–water partition coefficient (Wildman–Crippen LogP) is 2.24. The molecule has 0 amide bonds. The van der Waals surface area contributed by atoms with Crippen LogP contribution in [0.2, 0.25) is 0 Å². The molecule has 1 saturated heterocycles. The Morgan fingerprint density at radius 2 is 2.06 bits per heavy atom. The standard InChI is InChI=1S/C14H24N4/c1-11-4-7-18(8-5-11)9-6-15-14-13(3)16-10-12(2)17-14/h10-11H,4-9H2,1-3H3,(H,15,17). The number of nitrogens with zero attached hydrogens (tertiary/aromatic N) is 3. The Hall–Kier alpha value is -1.16. The Labute approximate surface area is 110 Å². The Balaban J connectivity index is 1.76. The molecule has 0 radical (unpaired) electrons. The van der Waals surface area contributed by atoms with Gasteiger partial charge in [0, 0.05) is 19.3 Å². The lowest BCUT2D eigenvalue weighted by molar-refractivity contribution is 0.199. The quantitative estimate of drug-likeness (QED) is 0.887. The van der Waals surface area contributed by atoms with Gasteiger partial charge in [-0.15, -0.1) is 0 Å². The number of piperidine rings is 1. The van der Waals surface area contributed by atoms with Crippen molar-refractivity contribution in [2.75, 3.05) is 31.5 Å². The molecule has 2 rings (SSSR count). The van der Waals surface area contributed by atoms with E-state index in [4.69, 9.17) is 0 Å². The molecule has 0 spiro atoms. The summed E-state index contributed by atoms with van der Waals surface area (Å²) in [5.74, 6) is 1.83. The molecule has 18 heavy (non-hydrogen) atoms. The van der Waals surface area contributed by atoms with E-state index in [1.807, 2.05) is 20.0 Å². The number of likely N-dealkylation sites (tertiary alicyclic amines) is 1. The fourth-order valence-electron chi connectivity index (χ4n) is 2.32. The van der Waals surface area contributed by atoms with Gasteiger partial charge in [0.25, 0.3) is 0 Å². The molecule has 1 fully saturated rings. The Bertz CT molecular complexity index is 383. The summed E-state index contributed by atoms with van der Waals surface area (Å²) in [5.41, 5.74) is 1.95. The monoisotopic (exact) mass is 248 g/mol. The molecule has 1 N–H and O–H groups in total. The molecule has 2 heterocycles. The summed E-state index contributed by atoms with van der Waals surface area (Å²) >= 11 is 0. The van der Waals surface area contributed by atoms with Crippen LogP contribution in [0.3, 0.4) is 0 Å². The predicted molar refractivity (Wildman–Crippen MR) is 74.8 cm³/mol. The zero-order valence-corrected chi connectivity index (χ0v) is 11.7. The van der Waals surface area contributed by atoms with Gasteiger partial charge in [-0.3, -0.25) is 4.98 Å². The van der Waals surface area contributed by atoms with E-state index in [2.05, 4.69) is 27.1 Å². The summed E-state index contributed by atoms with van der Waals surface area (Å²) in [6, 6.07) is 0. The van der Waals surface area contributed by atoms with Crippen molar-refractivity contribution in [1.82, 2.24) is 14.9 Å². The molecular formula is C14H24N4. The molecule has 0 saturated carbocycles. The van der Waals surface area contributed by atoms with Gasteiger partial charge in [0.2, 0.25) is 0 Å². The first-order valence-corrected chi connectivity index (χ1v) is 6.91. The van der Waals surface area contributed by atoms with Crippen LogP contribution in [0.1, 0.15) is 31.2 Å². The van der Waals surface area contributed by atoms with Gasteiger partial charge >= 0.3 is 0 Å². The number of nitrogens with one attached hydrogen (secondary N) is 1. The minimum atomic E-state index is 0.902. The van der Waals surface area contributed by atoms with Crippen LogP contribution in [0, 0.1) is 19.8 Å². The third kappa shape index (κ3) is 3.67. The number of aromatic nitrogens is 2. The van der Waals surface area contributed by atoms with Crippen LogP contribution in [-0.2, 0) is 0 Å². The lowest BCUT2D eigenvalue weighted by Crippen LogP contribution is -2.36. The topological polar surface area (TPSA) is 41.1 Å².